The number of carbonyl (C=O) groups is 1. The van der Waals surface area contributed by atoms with Gasteiger partial charge >= 0.3 is 0 Å². The Morgan fingerprint density at radius 1 is 1.44 bits per heavy atom. The van der Waals surface area contributed by atoms with E-state index in [0.29, 0.717) is 5.69 Å². The van der Waals surface area contributed by atoms with Gasteiger partial charge in [-0.15, -0.1) is 0 Å². The Hall–Kier alpha value is -1.58. The van der Waals surface area contributed by atoms with Crippen molar-refractivity contribution in [2.75, 3.05) is 10.6 Å². The number of amides is 1. The van der Waals surface area contributed by atoms with Gasteiger partial charge in [-0.25, -0.2) is 4.39 Å². The zero-order chi connectivity index (χ0) is 11.5. The number of halogens is 1. The van der Waals surface area contributed by atoms with Gasteiger partial charge in [-0.05, 0) is 18.6 Å². The van der Waals surface area contributed by atoms with E-state index in [9.17, 15) is 9.18 Å². The van der Waals surface area contributed by atoms with Crippen molar-refractivity contribution in [1.82, 2.24) is 0 Å². The normalized spacial score (nSPS) is 18.6. The topological polar surface area (TPSA) is 41.1 Å². The number of unbranched alkanes of at least 4 members (excludes halogenated alkanes) is 1. The van der Waals surface area contributed by atoms with Crippen LogP contribution in [0.2, 0.25) is 0 Å². The van der Waals surface area contributed by atoms with Crippen LogP contribution in [0.3, 0.4) is 0 Å². The maximum atomic E-state index is 13.4. The fourth-order valence-corrected chi connectivity index (χ4v) is 1.85. The second-order valence-corrected chi connectivity index (χ2v) is 3.99. The van der Waals surface area contributed by atoms with E-state index in [0.717, 1.165) is 19.3 Å². The lowest BCUT2D eigenvalue weighted by Crippen LogP contribution is -2.39. The van der Waals surface area contributed by atoms with Gasteiger partial charge in [-0.3, -0.25) is 4.79 Å². The zero-order valence-electron chi connectivity index (χ0n) is 9.22. The lowest BCUT2D eigenvalue weighted by molar-refractivity contribution is -0.117. The van der Waals surface area contributed by atoms with Crippen molar-refractivity contribution in [1.29, 1.82) is 0 Å². The number of nitrogens with one attached hydrogen (secondary N) is 2. The van der Waals surface area contributed by atoms with Crippen molar-refractivity contribution in [3.63, 3.8) is 0 Å². The van der Waals surface area contributed by atoms with Crippen molar-refractivity contribution in [2.45, 2.75) is 32.2 Å². The van der Waals surface area contributed by atoms with Gasteiger partial charge in [0.2, 0.25) is 5.91 Å². The average Bonchev–Trinajstić information content (AvgIpc) is 2.28. The van der Waals surface area contributed by atoms with Crippen LogP contribution in [0.1, 0.15) is 26.2 Å². The molecule has 0 radical (unpaired) electrons. The Kier molecular flexibility index (Phi) is 3.08. The molecule has 1 aromatic rings. The Bertz CT molecular complexity index is 406. The predicted molar refractivity (Wildman–Crippen MR) is 62.0 cm³/mol. The lowest BCUT2D eigenvalue weighted by Gasteiger charge is -2.26. The molecule has 0 saturated carbocycles. The second kappa shape index (κ2) is 4.51. The number of hydrogen-bond donors (Lipinski definition) is 2. The maximum Gasteiger partial charge on any atom is 0.246 e. The van der Waals surface area contributed by atoms with Gasteiger partial charge in [0.25, 0.3) is 0 Å². The van der Waals surface area contributed by atoms with E-state index in [1.54, 1.807) is 12.1 Å². The molecule has 1 heterocycles. The van der Waals surface area contributed by atoms with Gasteiger partial charge in [-0.1, -0.05) is 25.8 Å². The molecule has 2 rings (SSSR count). The average molecular weight is 222 g/mol. The molecule has 0 saturated heterocycles. The molecule has 2 N–H and O–H groups in total. The first-order valence-electron chi connectivity index (χ1n) is 5.58. The summed E-state index contributed by atoms with van der Waals surface area (Å²) in [6, 6.07) is 4.51. The second-order valence-electron chi connectivity index (χ2n) is 3.99. The molecule has 1 amide bonds. The summed E-state index contributed by atoms with van der Waals surface area (Å²) in [7, 11) is 0. The van der Waals surface area contributed by atoms with Gasteiger partial charge in [-0.2, -0.15) is 0 Å². The minimum absolute atomic E-state index is 0.147. The molecule has 0 spiro atoms. The number of carbonyl (C=O) groups excluding carboxylic acids is 1. The number of fused-ring (bicyclic) bond motifs is 1. The van der Waals surface area contributed by atoms with Crippen LogP contribution >= 0.6 is 0 Å². The third-order valence-electron chi connectivity index (χ3n) is 2.75. The molecule has 16 heavy (non-hydrogen) atoms. The largest absolute Gasteiger partial charge is 0.372 e. The quantitative estimate of drug-likeness (QED) is 0.825. The number of benzene rings is 1. The molecule has 4 heteroatoms. The van der Waals surface area contributed by atoms with E-state index < -0.39 is 5.82 Å². The molecule has 1 unspecified atom stereocenters. The summed E-state index contributed by atoms with van der Waals surface area (Å²) >= 11 is 0. The fraction of sp³-hybridized carbons (Fsp3) is 0.417. The van der Waals surface area contributed by atoms with Crippen LogP contribution < -0.4 is 10.6 Å². The molecule has 0 fully saturated rings. The number of para-hydroxylation sites is 1. The van der Waals surface area contributed by atoms with E-state index in [-0.39, 0.29) is 17.6 Å². The predicted octanol–water partition coefficient (Wildman–Crippen LogP) is 2.75. The SMILES string of the molecule is CCCCC1Nc2cccc(F)c2NC1=O. The van der Waals surface area contributed by atoms with Gasteiger partial charge in [0.15, 0.2) is 0 Å². The molecule has 0 aromatic heterocycles. The van der Waals surface area contributed by atoms with Gasteiger partial charge in [0.1, 0.15) is 17.5 Å². The van der Waals surface area contributed by atoms with Crippen LogP contribution in [0.15, 0.2) is 18.2 Å². The summed E-state index contributed by atoms with van der Waals surface area (Å²) in [5.41, 5.74) is 0.931. The van der Waals surface area contributed by atoms with E-state index in [2.05, 4.69) is 17.6 Å². The van der Waals surface area contributed by atoms with Crippen molar-refractivity contribution in [3.8, 4) is 0 Å². The molecule has 1 aliphatic heterocycles. The fourth-order valence-electron chi connectivity index (χ4n) is 1.85. The van der Waals surface area contributed by atoms with Gasteiger partial charge in [0, 0.05) is 0 Å². The van der Waals surface area contributed by atoms with E-state index in [1.165, 1.54) is 6.07 Å². The molecular formula is C12H15FN2O. The zero-order valence-corrected chi connectivity index (χ0v) is 9.22. The Morgan fingerprint density at radius 2 is 2.25 bits per heavy atom. The smallest absolute Gasteiger partial charge is 0.246 e. The highest BCUT2D eigenvalue weighted by Gasteiger charge is 2.26. The number of hydrogen-bond acceptors (Lipinski definition) is 2. The molecule has 0 bridgehead atoms. The van der Waals surface area contributed by atoms with Gasteiger partial charge in [0.05, 0.1) is 5.69 Å². The summed E-state index contributed by atoms with van der Waals surface area (Å²) < 4.78 is 13.4. The third kappa shape index (κ3) is 2.01. The molecular weight excluding hydrogens is 207 g/mol. The van der Waals surface area contributed by atoms with E-state index in [1.807, 2.05) is 0 Å². The molecule has 3 nitrogen and oxygen atoms in total. The summed E-state index contributed by atoms with van der Waals surface area (Å²) in [6.07, 6.45) is 2.80. The maximum absolute atomic E-state index is 13.4. The van der Waals surface area contributed by atoms with Crippen molar-refractivity contribution in [3.05, 3.63) is 24.0 Å². The van der Waals surface area contributed by atoms with Crippen LogP contribution in [0.5, 0.6) is 0 Å². The highest BCUT2D eigenvalue weighted by atomic mass is 19.1. The highest BCUT2D eigenvalue weighted by Crippen LogP contribution is 2.30. The van der Waals surface area contributed by atoms with Gasteiger partial charge < -0.3 is 10.6 Å². The Morgan fingerprint density at radius 3 is 3.00 bits per heavy atom. The van der Waals surface area contributed by atoms with Crippen molar-refractivity contribution in [2.24, 2.45) is 0 Å². The first-order valence-corrected chi connectivity index (χ1v) is 5.58. The first kappa shape index (κ1) is 10.9. The molecule has 1 aliphatic rings. The Balaban J connectivity index is 2.19. The van der Waals surface area contributed by atoms with Crippen LogP contribution in [0.25, 0.3) is 0 Å². The highest BCUT2D eigenvalue weighted by molar-refractivity contribution is 6.03. The van der Waals surface area contributed by atoms with Crippen molar-refractivity contribution >= 4 is 17.3 Å². The molecule has 1 aromatic carbocycles. The summed E-state index contributed by atoms with van der Waals surface area (Å²) in [5.74, 6) is -0.543. The summed E-state index contributed by atoms with van der Waals surface area (Å²) in [4.78, 5) is 11.7. The summed E-state index contributed by atoms with van der Waals surface area (Å²) in [6.45, 7) is 2.08. The van der Waals surface area contributed by atoms with Crippen LogP contribution in [0.4, 0.5) is 15.8 Å². The van der Waals surface area contributed by atoms with Crippen LogP contribution in [-0.2, 0) is 4.79 Å². The minimum atomic E-state index is -0.396. The summed E-state index contributed by atoms with van der Waals surface area (Å²) in [5, 5.41) is 5.68. The van der Waals surface area contributed by atoms with Crippen LogP contribution in [-0.4, -0.2) is 11.9 Å². The number of rotatable bonds is 3. The molecule has 86 valence electrons. The number of anilines is 2. The third-order valence-corrected chi connectivity index (χ3v) is 2.75. The Labute approximate surface area is 94.0 Å². The minimum Gasteiger partial charge on any atom is -0.372 e. The lowest BCUT2D eigenvalue weighted by atomic mass is 10.1. The first-order chi connectivity index (χ1) is 7.72. The standard InChI is InChI=1S/C12H15FN2O/c1-2-3-6-10-12(16)15-11-8(13)5-4-7-9(11)14-10/h4-5,7,10,14H,2-3,6H2,1H3,(H,15,16). The molecule has 1 atom stereocenters. The van der Waals surface area contributed by atoms with Crippen molar-refractivity contribution < 1.29 is 9.18 Å². The van der Waals surface area contributed by atoms with E-state index >= 15 is 0 Å². The molecule has 0 aliphatic carbocycles. The monoisotopic (exact) mass is 222 g/mol. The van der Waals surface area contributed by atoms with E-state index in [4.69, 9.17) is 0 Å². The van der Waals surface area contributed by atoms with Crippen LogP contribution in [0, 0.1) is 5.82 Å².